The van der Waals surface area contributed by atoms with E-state index in [1.54, 1.807) is 24.3 Å². The normalized spacial score (nSPS) is 12.6. The molecule has 4 rings (SSSR count). The van der Waals surface area contributed by atoms with Crippen molar-refractivity contribution in [1.29, 1.82) is 0 Å². The minimum absolute atomic E-state index is 0.178. The number of benzene rings is 2. The molecule has 0 aliphatic rings. The van der Waals surface area contributed by atoms with E-state index in [2.05, 4.69) is 25.6 Å². The molecule has 2 aromatic carbocycles. The Morgan fingerprint density at radius 2 is 1.78 bits per heavy atom. The van der Waals surface area contributed by atoms with Crippen LogP contribution in [0.5, 0.6) is 0 Å². The number of rotatable bonds is 4. The number of amides is 1. The lowest BCUT2D eigenvalue weighted by Gasteiger charge is -2.20. The van der Waals surface area contributed by atoms with E-state index in [4.69, 9.17) is 0 Å². The van der Waals surface area contributed by atoms with Gasteiger partial charge >= 0.3 is 0 Å². The zero-order valence-corrected chi connectivity index (χ0v) is 14.9. The van der Waals surface area contributed by atoms with Crippen LogP contribution in [0.4, 0.5) is 5.95 Å². The van der Waals surface area contributed by atoms with Gasteiger partial charge in [0.2, 0.25) is 5.95 Å². The molecule has 4 aromatic rings. The third kappa shape index (κ3) is 3.05. The molecule has 1 amide bonds. The lowest BCUT2D eigenvalue weighted by molar-refractivity contribution is -0.120. The molecule has 1 atom stereocenters. The average molecular weight is 362 g/mol. The van der Waals surface area contributed by atoms with Crippen LogP contribution in [0, 0.1) is 5.92 Å². The smallest absolute Gasteiger partial charge is 0.278 e. The standard InChI is InChI=1S/C19H18N6O2/c1-11(2)16(25-18(27)12-7-3-4-8-13(12)23-24-25)17(26)22-19-20-14-9-5-6-10-15(14)21-19/h3-11,16H,1-2H3,(H2,20,21,22,26)/t16-/m1/s1. The lowest BCUT2D eigenvalue weighted by atomic mass is 10.0. The first-order valence-electron chi connectivity index (χ1n) is 8.64. The number of imidazole rings is 1. The van der Waals surface area contributed by atoms with E-state index < -0.39 is 6.04 Å². The highest BCUT2D eigenvalue weighted by molar-refractivity contribution is 5.94. The van der Waals surface area contributed by atoms with Gasteiger partial charge in [-0.25, -0.2) is 4.98 Å². The highest BCUT2D eigenvalue weighted by Gasteiger charge is 2.28. The fourth-order valence-electron chi connectivity index (χ4n) is 3.08. The van der Waals surface area contributed by atoms with E-state index in [0.29, 0.717) is 16.9 Å². The van der Waals surface area contributed by atoms with Crippen LogP contribution in [-0.2, 0) is 4.79 Å². The van der Waals surface area contributed by atoms with Crippen LogP contribution in [-0.4, -0.2) is 30.9 Å². The van der Waals surface area contributed by atoms with Gasteiger partial charge < -0.3 is 4.98 Å². The van der Waals surface area contributed by atoms with Crippen molar-refractivity contribution in [1.82, 2.24) is 25.0 Å². The number of H-pyrrole nitrogens is 1. The minimum Gasteiger partial charge on any atom is -0.324 e. The maximum absolute atomic E-state index is 12.9. The Bertz CT molecular complexity index is 1160. The summed E-state index contributed by atoms with van der Waals surface area (Å²) in [5.41, 5.74) is 1.71. The van der Waals surface area contributed by atoms with E-state index in [9.17, 15) is 9.59 Å². The molecule has 8 heteroatoms. The molecule has 0 radical (unpaired) electrons. The van der Waals surface area contributed by atoms with Gasteiger partial charge in [0.1, 0.15) is 11.6 Å². The Hall–Kier alpha value is -3.55. The van der Waals surface area contributed by atoms with Crippen molar-refractivity contribution in [3.05, 3.63) is 58.9 Å². The van der Waals surface area contributed by atoms with E-state index in [1.807, 2.05) is 38.1 Å². The third-order valence-electron chi connectivity index (χ3n) is 4.39. The first-order valence-corrected chi connectivity index (χ1v) is 8.64. The van der Waals surface area contributed by atoms with Gasteiger partial charge in [-0.1, -0.05) is 43.3 Å². The van der Waals surface area contributed by atoms with Crippen molar-refractivity contribution < 1.29 is 4.79 Å². The summed E-state index contributed by atoms with van der Waals surface area (Å²) in [5, 5.41) is 11.3. The molecule has 2 aromatic heterocycles. The van der Waals surface area contributed by atoms with Gasteiger partial charge in [-0.3, -0.25) is 14.9 Å². The molecular formula is C19H18N6O2. The first-order chi connectivity index (χ1) is 13.0. The number of carbonyl (C=O) groups excluding carboxylic acids is 1. The molecule has 0 aliphatic heterocycles. The van der Waals surface area contributed by atoms with Crippen LogP contribution in [0.15, 0.2) is 53.3 Å². The molecule has 27 heavy (non-hydrogen) atoms. The number of aromatic amines is 1. The third-order valence-corrected chi connectivity index (χ3v) is 4.39. The van der Waals surface area contributed by atoms with Crippen molar-refractivity contribution in [3.8, 4) is 0 Å². The number of nitrogens with zero attached hydrogens (tertiary/aromatic N) is 4. The van der Waals surface area contributed by atoms with Crippen molar-refractivity contribution in [2.45, 2.75) is 19.9 Å². The Morgan fingerprint density at radius 1 is 1.07 bits per heavy atom. The van der Waals surface area contributed by atoms with Crippen LogP contribution in [0.1, 0.15) is 19.9 Å². The maximum atomic E-state index is 12.9. The van der Waals surface area contributed by atoms with Gasteiger partial charge in [0, 0.05) is 0 Å². The summed E-state index contributed by atoms with van der Waals surface area (Å²) in [5.74, 6) is -0.230. The Labute approximate surface area is 154 Å². The highest BCUT2D eigenvalue weighted by Crippen LogP contribution is 2.19. The number of hydrogen-bond acceptors (Lipinski definition) is 5. The number of aromatic nitrogens is 5. The van der Waals surface area contributed by atoms with Gasteiger partial charge in [0.25, 0.3) is 11.5 Å². The van der Waals surface area contributed by atoms with Crippen LogP contribution in [0.2, 0.25) is 0 Å². The van der Waals surface area contributed by atoms with Crippen molar-refractivity contribution in [2.24, 2.45) is 5.92 Å². The lowest BCUT2D eigenvalue weighted by Crippen LogP contribution is -2.38. The fraction of sp³-hybridized carbons (Fsp3) is 0.211. The van der Waals surface area contributed by atoms with E-state index in [-0.39, 0.29) is 17.4 Å². The molecule has 8 nitrogen and oxygen atoms in total. The topological polar surface area (TPSA) is 106 Å². The number of carbonyl (C=O) groups is 1. The molecule has 2 heterocycles. The minimum atomic E-state index is -0.817. The van der Waals surface area contributed by atoms with Gasteiger partial charge in [-0.05, 0) is 30.2 Å². The predicted molar refractivity (Wildman–Crippen MR) is 102 cm³/mol. The molecule has 2 N–H and O–H groups in total. The molecule has 0 bridgehead atoms. The molecule has 0 unspecified atom stereocenters. The second-order valence-corrected chi connectivity index (χ2v) is 6.64. The average Bonchev–Trinajstić information content (AvgIpc) is 3.06. The van der Waals surface area contributed by atoms with Gasteiger partial charge in [0.05, 0.1) is 16.4 Å². The molecular weight excluding hydrogens is 344 g/mol. The SMILES string of the molecule is CC(C)[C@H](C(=O)Nc1nc2ccccc2[nH]1)n1nnc2ccccc2c1=O. The highest BCUT2D eigenvalue weighted by atomic mass is 16.2. The second-order valence-electron chi connectivity index (χ2n) is 6.64. The van der Waals surface area contributed by atoms with Gasteiger partial charge in [-0.2, -0.15) is 4.68 Å². The Balaban J connectivity index is 1.71. The summed E-state index contributed by atoms with van der Waals surface area (Å²) < 4.78 is 1.14. The zero-order chi connectivity index (χ0) is 19.0. The largest absolute Gasteiger partial charge is 0.324 e. The van der Waals surface area contributed by atoms with Crippen molar-refractivity contribution >= 4 is 33.8 Å². The molecule has 0 aliphatic carbocycles. The van der Waals surface area contributed by atoms with Crippen molar-refractivity contribution in [3.63, 3.8) is 0 Å². The van der Waals surface area contributed by atoms with E-state index in [0.717, 1.165) is 15.7 Å². The zero-order valence-electron chi connectivity index (χ0n) is 14.9. The fourth-order valence-corrected chi connectivity index (χ4v) is 3.08. The van der Waals surface area contributed by atoms with Crippen LogP contribution >= 0.6 is 0 Å². The monoisotopic (exact) mass is 362 g/mol. The maximum Gasteiger partial charge on any atom is 0.278 e. The summed E-state index contributed by atoms with van der Waals surface area (Å²) in [6.45, 7) is 3.71. The molecule has 0 spiro atoms. The van der Waals surface area contributed by atoms with E-state index in [1.165, 1.54) is 0 Å². The summed E-state index contributed by atoms with van der Waals surface area (Å²) >= 11 is 0. The first kappa shape index (κ1) is 16.9. The van der Waals surface area contributed by atoms with Crippen molar-refractivity contribution in [2.75, 3.05) is 5.32 Å². The molecule has 0 saturated heterocycles. The van der Waals surface area contributed by atoms with Gasteiger partial charge in [0.15, 0.2) is 0 Å². The number of fused-ring (bicyclic) bond motifs is 2. The summed E-state index contributed by atoms with van der Waals surface area (Å²) in [4.78, 5) is 33.1. The van der Waals surface area contributed by atoms with Crippen LogP contribution in [0.3, 0.4) is 0 Å². The number of anilines is 1. The molecule has 0 fully saturated rings. The molecule has 136 valence electrons. The van der Waals surface area contributed by atoms with E-state index >= 15 is 0 Å². The quantitative estimate of drug-likeness (QED) is 0.580. The number of para-hydroxylation sites is 2. The summed E-state index contributed by atoms with van der Waals surface area (Å²) in [6, 6.07) is 13.6. The van der Waals surface area contributed by atoms with Gasteiger partial charge in [-0.15, -0.1) is 5.10 Å². The molecule has 0 saturated carbocycles. The second kappa shape index (κ2) is 6.64. The number of hydrogen-bond donors (Lipinski definition) is 2. The van der Waals surface area contributed by atoms with Crippen LogP contribution < -0.4 is 10.9 Å². The number of nitrogens with one attached hydrogen (secondary N) is 2. The Morgan fingerprint density at radius 3 is 2.52 bits per heavy atom. The summed E-state index contributed by atoms with van der Waals surface area (Å²) in [7, 11) is 0. The van der Waals surface area contributed by atoms with Crippen LogP contribution in [0.25, 0.3) is 21.9 Å². The Kier molecular flexibility index (Phi) is 4.15. The summed E-state index contributed by atoms with van der Waals surface area (Å²) in [6.07, 6.45) is 0. The predicted octanol–water partition coefficient (Wildman–Crippen LogP) is 2.50.